The summed E-state index contributed by atoms with van der Waals surface area (Å²) in [7, 11) is 0. The molecule has 0 bridgehead atoms. The number of aryl methyl sites for hydroxylation is 2. The van der Waals surface area contributed by atoms with E-state index >= 15 is 0 Å². The van der Waals surface area contributed by atoms with Crippen LogP contribution >= 0.6 is 22.9 Å². The van der Waals surface area contributed by atoms with Crippen molar-refractivity contribution in [3.63, 3.8) is 0 Å². The molecule has 0 spiro atoms. The van der Waals surface area contributed by atoms with E-state index in [1.54, 1.807) is 6.92 Å². The first-order chi connectivity index (χ1) is 8.20. The summed E-state index contributed by atoms with van der Waals surface area (Å²) in [6, 6.07) is 0. The molecule has 0 fully saturated rings. The molecule has 2 aromatic rings. The molecule has 8 heteroatoms. The molecule has 0 aliphatic carbocycles. The van der Waals surface area contributed by atoms with E-state index in [4.69, 9.17) is 0 Å². The van der Waals surface area contributed by atoms with Crippen LogP contribution < -0.4 is 5.32 Å². The van der Waals surface area contributed by atoms with Crippen molar-refractivity contribution in [3.8, 4) is 0 Å². The second-order valence-corrected chi connectivity index (χ2v) is 5.21. The molecule has 0 aliphatic rings. The minimum absolute atomic E-state index is 0.225. The van der Waals surface area contributed by atoms with Gasteiger partial charge in [0.25, 0.3) is 5.91 Å². The molecule has 90 valence electrons. The van der Waals surface area contributed by atoms with Gasteiger partial charge in [-0.15, -0.1) is 15.3 Å². The Labute approximate surface area is 106 Å². The molecule has 0 aromatic carbocycles. The molecule has 2 aromatic heterocycles. The average Bonchev–Trinajstić information content (AvgIpc) is 2.88. The zero-order valence-corrected chi connectivity index (χ0v) is 11.1. The lowest BCUT2D eigenvalue weighted by atomic mass is 10.4. The van der Waals surface area contributed by atoms with Crippen molar-refractivity contribution in [1.29, 1.82) is 0 Å². The monoisotopic (exact) mass is 269 g/mol. The summed E-state index contributed by atoms with van der Waals surface area (Å²) in [5, 5.41) is 15.8. The second-order valence-electron chi connectivity index (χ2n) is 3.39. The van der Waals surface area contributed by atoms with Gasteiger partial charge in [0.1, 0.15) is 9.88 Å². The predicted molar refractivity (Wildman–Crippen MR) is 66.5 cm³/mol. The molecule has 0 aliphatic heterocycles. The number of amides is 1. The molecule has 1 amide bonds. The van der Waals surface area contributed by atoms with Gasteiger partial charge < -0.3 is 0 Å². The van der Waals surface area contributed by atoms with Crippen LogP contribution in [0.1, 0.15) is 33.7 Å². The van der Waals surface area contributed by atoms with Gasteiger partial charge in [0, 0.05) is 6.42 Å². The zero-order chi connectivity index (χ0) is 12.3. The molecular weight excluding hydrogens is 258 g/mol. The number of anilines is 1. The molecule has 17 heavy (non-hydrogen) atoms. The van der Waals surface area contributed by atoms with Gasteiger partial charge in [-0.3, -0.25) is 10.1 Å². The fourth-order valence-corrected chi connectivity index (χ4v) is 2.60. The second kappa shape index (κ2) is 5.28. The van der Waals surface area contributed by atoms with Gasteiger partial charge in [-0.2, -0.15) is 0 Å². The summed E-state index contributed by atoms with van der Waals surface area (Å²) < 4.78 is 3.72. The van der Waals surface area contributed by atoms with Crippen molar-refractivity contribution in [2.24, 2.45) is 0 Å². The fraction of sp³-hybridized carbons (Fsp3) is 0.444. The number of carbonyl (C=O) groups excluding carboxylic acids is 1. The average molecular weight is 269 g/mol. The van der Waals surface area contributed by atoms with E-state index < -0.39 is 0 Å². The zero-order valence-electron chi connectivity index (χ0n) is 9.43. The van der Waals surface area contributed by atoms with E-state index in [-0.39, 0.29) is 5.91 Å². The Morgan fingerprint density at radius 3 is 2.82 bits per heavy atom. The first-order valence-electron chi connectivity index (χ1n) is 5.13. The molecule has 1 N–H and O–H groups in total. The highest BCUT2D eigenvalue weighted by atomic mass is 32.1. The summed E-state index contributed by atoms with van der Waals surface area (Å²) in [4.78, 5) is 12.3. The van der Waals surface area contributed by atoms with Crippen molar-refractivity contribution in [3.05, 3.63) is 15.6 Å². The van der Waals surface area contributed by atoms with Gasteiger partial charge in [0.05, 0.1) is 5.69 Å². The highest BCUT2D eigenvalue weighted by molar-refractivity contribution is 7.15. The summed E-state index contributed by atoms with van der Waals surface area (Å²) in [6.45, 7) is 3.83. The summed E-state index contributed by atoms with van der Waals surface area (Å²) >= 11 is 2.48. The molecule has 2 heterocycles. The third-order valence-electron chi connectivity index (χ3n) is 2.01. The third-order valence-corrected chi connectivity index (χ3v) is 3.73. The maximum Gasteiger partial charge on any atom is 0.271 e. The quantitative estimate of drug-likeness (QED) is 0.917. The molecule has 2 rings (SSSR count). The van der Waals surface area contributed by atoms with Crippen molar-refractivity contribution in [1.82, 2.24) is 19.8 Å². The van der Waals surface area contributed by atoms with Crippen molar-refractivity contribution < 1.29 is 4.79 Å². The van der Waals surface area contributed by atoms with Gasteiger partial charge in [-0.25, -0.2) is 0 Å². The standard InChI is InChI=1S/C9H11N5OS2/c1-3-4-6-12-13-9(16-6)10-8(15)7-5(2)11-14-17-7/h3-4H2,1-2H3,(H,10,13,15). The minimum Gasteiger partial charge on any atom is -0.296 e. The lowest BCUT2D eigenvalue weighted by Crippen LogP contribution is -2.11. The van der Waals surface area contributed by atoms with Crippen molar-refractivity contribution in [2.75, 3.05) is 5.32 Å². The van der Waals surface area contributed by atoms with Crippen molar-refractivity contribution >= 4 is 33.9 Å². The van der Waals surface area contributed by atoms with E-state index in [2.05, 4.69) is 32.0 Å². The minimum atomic E-state index is -0.225. The van der Waals surface area contributed by atoms with Crippen LogP contribution in [0.4, 0.5) is 5.13 Å². The first kappa shape index (κ1) is 12.1. The van der Waals surface area contributed by atoms with E-state index in [1.165, 1.54) is 11.3 Å². The highest BCUT2D eigenvalue weighted by Gasteiger charge is 2.15. The van der Waals surface area contributed by atoms with Gasteiger partial charge in [0.15, 0.2) is 0 Å². The van der Waals surface area contributed by atoms with E-state index in [9.17, 15) is 4.79 Å². The SMILES string of the molecule is CCCc1nnc(NC(=O)c2snnc2C)s1. The maximum absolute atomic E-state index is 11.8. The van der Waals surface area contributed by atoms with Crippen LogP contribution in [0, 0.1) is 6.92 Å². The summed E-state index contributed by atoms with van der Waals surface area (Å²) in [5.74, 6) is -0.225. The first-order valence-corrected chi connectivity index (χ1v) is 6.72. The molecule has 6 nitrogen and oxygen atoms in total. The number of rotatable bonds is 4. The lowest BCUT2D eigenvalue weighted by molar-refractivity contribution is 0.102. The Balaban J connectivity index is 2.05. The van der Waals surface area contributed by atoms with Crippen LogP contribution in [-0.4, -0.2) is 25.7 Å². The van der Waals surface area contributed by atoms with Crippen LogP contribution in [0.15, 0.2) is 0 Å². The topological polar surface area (TPSA) is 80.7 Å². The van der Waals surface area contributed by atoms with Gasteiger partial charge in [-0.05, 0) is 24.9 Å². The Morgan fingerprint density at radius 1 is 1.35 bits per heavy atom. The number of nitrogens with zero attached hydrogens (tertiary/aromatic N) is 4. The Bertz CT molecular complexity index is 521. The Hall–Kier alpha value is -1.41. The predicted octanol–water partition coefficient (Wildman–Crippen LogP) is 1.90. The van der Waals surface area contributed by atoms with E-state index in [0.717, 1.165) is 29.4 Å². The fourth-order valence-electron chi connectivity index (χ4n) is 1.21. The lowest BCUT2D eigenvalue weighted by Gasteiger charge is -1.96. The largest absolute Gasteiger partial charge is 0.296 e. The molecule has 0 saturated heterocycles. The number of carbonyl (C=O) groups is 1. The molecule has 0 radical (unpaired) electrons. The van der Waals surface area contributed by atoms with E-state index in [0.29, 0.717) is 15.7 Å². The molecule has 0 saturated carbocycles. The van der Waals surface area contributed by atoms with Crippen LogP contribution in [0.5, 0.6) is 0 Å². The van der Waals surface area contributed by atoms with Gasteiger partial charge >= 0.3 is 0 Å². The van der Waals surface area contributed by atoms with Gasteiger partial charge in [-0.1, -0.05) is 22.7 Å². The van der Waals surface area contributed by atoms with Crippen LogP contribution in [0.25, 0.3) is 0 Å². The molecule has 0 unspecified atom stereocenters. The maximum atomic E-state index is 11.8. The highest BCUT2D eigenvalue weighted by Crippen LogP contribution is 2.18. The smallest absolute Gasteiger partial charge is 0.271 e. The Morgan fingerprint density at radius 2 is 2.18 bits per heavy atom. The normalized spacial score (nSPS) is 10.5. The molecular formula is C9H11N5OS2. The number of aromatic nitrogens is 4. The number of hydrogen-bond acceptors (Lipinski definition) is 7. The molecule has 0 atom stereocenters. The summed E-state index contributed by atoms with van der Waals surface area (Å²) in [5.41, 5.74) is 0.630. The van der Waals surface area contributed by atoms with Crippen LogP contribution in [0.2, 0.25) is 0 Å². The Kier molecular flexibility index (Phi) is 3.75. The van der Waals surface area contributed by atoms with Crippen molar-refractivity contribution in [2.45, 2.75) is 26.7 Å². The van der Waals surface area contributed by atoms with Gasteiger partial charge in [0.2, 0.25) is 5.13 Å². The van der Waals surface area contributed by atoms with Crippen LogP contribution in [0.3, 0.4) is 0 Å². The van der Waals surface area contributed by atoms with E-state index in [1.807, 2.05) is 0 Å². The summed E-state index contributed by atoms with van der Waals surface area (Å²) in [6.07, 6.45) is 1.90. The van der Waals surface area contributed by atoms with Crippen LogP contribution in [-0.2, 0) is 6.42 Å². The number of nitrogens with one attached hydrogen (secondary N) is 1. The number of hydrogen-bond donors (Lipinski definition) is 1. The third kappa shape index (κ3) is 2.83.